The Balaban J connectivity index is 2.31. The fourth-order valence-electron chi connectivity index (χ4n) is 2.67. The van der Waals surface area contributed by atoms with Crippen LogP contribution in [-0.2, 0) is 4.79 Å². The highest BCUT2D eigenvalue weighted by Gasteiger charge is 2.44. The van der Waals surface area contributed by atoms with Crippen LogP contribution in [0.1, 0.15) is 45.4 Å². The summed E-state index contributed by atoms with van der Waals surface area (Å²) in [6.07, 6.45) is -3.43. The minimum absolute atomic E-state index is 0.290. The summed E-state index contributed by atoms with van der Waals surface area (Å²) in [5.41, 5.74) is 0. The first-order valence-electron chi connectivity index (χ1n) is 6.69. The zero-order valence-corrected chi connectivity index (χ0v) is 11.0. The highest BCUT2D eigenvalue weighted by atomic mass is 19.4. The zero-order valence-electron chi connectivity index (χ0n) is 11.0. The predicted octanol–water partition coefficient (Wildman–Crippen LogP) is 3.22. The maximum absolute atomic E-state index is 12.4. The number of alkyl halides is 3. The molecule has 1 fully saturated rings. The Bertz CT molecular complexity index is 296. The second-order valence-electron chi connectivity index (χ2n) is 5.58. The predicted molar refractivity (Wildman–Crippen MR) is 63.5 cm³/mol. The van der Waals surface area contributed by atoms with Crippen molar-refractivity contribution in [3.05, 3.63) is 0 Å². The van der Waals surface area contributed by atoms with E-state index >= 15 is 0 Å². The van der Waals surface area contributed by atoms with E-state index in [0.717, 1.165) is 6.42 Å². The van der Waals surface area contributed by atoms with Gasteiger partial charge in [0.2, 0.25) is 0 Å². The smallest absolute Gasteiger partial charge is 0.414 e. The first kappa shape index (κ1) is 16.3. The molecule has 0 saturated heterocycles. The summed E-state index contributed by atoms with van der Waals surface area (Å²) < 4.78 is 37.1. The summed E-state index contributed by atoms with van der Waals surface area (Å²) in [6.45, 7) is 1.64. The molecule has 0 bridgehead atoms. The molecule has 0 aromatic heterocycles. The second-order valence-corrected chi connectivity index (χ2v) is 5.58. The number of aliphatic hydroxyl groups excluding tert-OH is 1. The van der Waals surface area contributed by atoms with Crippen molar-refractivity contribution in [1.82, 2.24) is 0 Å². The molecule has 112 valence electrons. The van der Waals surface area contributed by atoms with Gasteiger partial charge in [-0.2, -0.15) is 13.2 Å². The highest BCUT2D eigenvalue weighted by molar-refractivity contribution is 5.69. The number of carbonyl (C=O) groups is 1. The number of carboxylic acid groups (broad SMARTS) is 1. The largest absolute Gasteiger partial charge is 0.481 e. The molecule has 2 N–H and O–H groups in total. The van der Waals surface area contributed by atoms with Gasteiger partial charge in [-0.15, -0.1) is 0 Å². The molecule has 3 nitrogen and oxygen atoms in total. The van der Waals surface area contributed by atoms with Crippen molar-refractivity contribution in [2.75, 3.05) is 0 Å². The lowest BCUT2D eigenvalue weighted by Gasteiger charge is -2.32. The fourth-order valence-corrected chi connectivity index (χ4v) is 2.67. The van der Waals surface area contributed by atoms with Crippen molar-refractivity contribution in [2.24, 2.45) is 17.8 Å². The van der Waals surface area contributed by atoms with Crippen LogP contribution in [0.3, 0.4) is 0 Å². The molecule has 1 aliphatic rings. The third kappa shape index (κ3) is 5.01. The standard InChI is InChI=1S/C13H21F3O3/c1-8(12(18)19)2-3-9-4-6-10(7-5-9)11(17)13(14,15)16/h8-11,17H,2-7H2,1H3,(H,18,19). The van der Waals surface area contributed by atoms with Gasteiger partial charge >= 0.3 is 12.1 Å². The van der Waals surface area contributed by atoms with E-state index in [1.54, 1.807) is 6.92 Å². The number of rotatable bonds is 5. The van der Waals surface area contributed by atoms with Gasteiger partial charge in [-0.1, -0.05) is 19.8 Å². The Kier molecular flexibility index (Phi) is 5.64. The highest BCUT2D eigenvalue weighted by Crippen LogP contribution is 2.38. The lowest BCUT2D eigenvalue weighted by Crippen LogP contribution is -2.37. The maximum Gasteiger partial charge on any atom is 0.414 e. The number of hydrogen-bond acceptors (Lipinski definition) is 2. The van der Waals surface area contributed by atoms with Gasteiger partial charge in [-0.3, -0.25) is 4.79 Å². The van der Waals surface area contributed by atoms with Gasteiger partial charge < -0.3 is 10.2 Å². The van der Waals surface area contributed by atoms with E-state index in [9.17, 15) is 23.1 Å². The molecule has 0 heterocycles. The van der Waals surface area contributed by atoms with Crippen molar-refractivity contribution >= 4 is 5.97 Å². The number of aliphatic hydroxyl groups is 1. The normalized spacial score (nSPS) is 27.8. The summed E-state index contributed by atoms with van der Waals surface area (Å²) in [5, 5.41) is 17.9. The molecule has 0 aromatic carbocycles. The van der Waals surface area contributed by atoms with E-state index in [4.69, 9.17) is 5.11 Å². The van der Waals surface area contributed by atoms with Crippen LogP contribution < -0.4 is 0 Å². The molecule has 1 aliphatic carbocycles. The monoisotopic (exact) mass is 282 g/mol. The summed E-state index contributed by atoms with van der Waals surface area (Å²) in [6, 6.07) is 0. The first-order chi connectivity index (χ1) is 8.71. The van der Waals surface area contributed by atoms with Crippen LogP contribution in [0.2, 0.25) is 0 Å². The van der Waals surface area contributed by atoms with Gasteiger partial charge in [-0.05, 0) is 37.5 Å². The molecule has 1 saturated carbocycles. The molecule has 0 radical (unpaired) electrons. The SMILES string of the molecule is CC(CCC1CCC(C(O)C(F)(F)F)CC1)C(=O)O. The van der Waals surface area contributed by atoms with E-state index in [0.29, 0.717) is 38.0 Å². The minimum atomic E-state index is -4.53. The van der Waals surface area contributed by atoms with Crippen molar-refractivity contribution in [3.63, 3.8) is 0 Å². The first-order valence-corrected chi connectivity index (χ1v) is 6.69. The second kappa shape index (κ2) is 6.59. The fraction of sp³-hybridized carbons (Fsp3) is 0.923. The maximum atomic E-state index is 12.4. The quantitative estimate of drug-likeness (QED) is 0.814. The number of halogens is 3. The Hall–Kier alpha value is -0.780. The van der Waals surface area contributed by atoms with Gasteiger partial charge in [0, 0.05) is 0 Å². The lowest BCUT2D eigenvalue weighted by molar-refractivity contribution is -0.222. The molecule has 2 unspecified atom stereocenters. The van der Waals surface area contributed by atoms with Crippen molar-refractivity contribution in [3.8, 4) is 0 Å². The molecule has 0 aromatic rings. The number of aliphatic carboxylic acids is 1. The topological polar surface area (TPSA) is 57.5 Å². The van der Waals surface area contributed by atoms with Gasteiger partial charge in [0.05, 0.1) is 5.92 Å². The molecule has 6 heteroatoms. The van der Waals surface area contributed by atoms with Gasteiger partial charge in [0.15, 0.2) is 6.10 Å². The summed E-state index contributed by atoms with van der Waals surface area (Å²) in [4.78, 5) is 10.7. The molecule has 0 amide bonds. The molecular weight excluding hydrogens is 261 g/mol. The molecule has 1 rings (SSSR count). The average molecular weight is 282 g/mol. The summed E-state index contributed by atoms with van der Waals surface area (Å²) in [7, 11) is 0. The Morgan fingerprint density at radius 1 is 1.26 bits per heavy atom. The Labute approximate surface area is 110 Å². The lowest BCUT2D eigenvalue weighted by atomic mass is 9.77. The van der Waals surface area contributed by atoms with Crippen LogP contribution in [0.25, 0.3) is 0 Å². The van der Waals surface area contributed by atoms with Gasteiger partial charge in [0.25, 0.3) is 0 Å². The molecule has 0 aliphatic heterocycles. The van der Waals surface area contributed by atoms with Crippen LogP contribution in [0.15, 0.2) is 0 Å². The van der Waals surface area contributed by atoms with Gasteiger partial charge in [-0.25, -0.2) is 0 Å². The average Bonchev–Trinajstić information content (AvgIpc) is 2.34. The molecule has 19 heavy (non-hydrogen) atoms. The third-order valence-corrected chi connectivity index (χ3v) is 4.10. The molecule has 0 spiro atoms. The zero-order chi connectivity index (χ0) is 14.6. The van der Waals surface area contributed by atoms with Crippen molar-refractivity contribution in [1.29, 1.82) is 0 Å². The molecular formula is C13H21F3O3. The Morgan fingerprint density at radius 2 is 1.79 bits per heavy atom. The van der Waals surface area contributed by atoms with Crippen LogP contribution in [0, 0.1) is 17.8 Å². The van der Waals surface area contributed by atoms with Crippen molar-refractivity contribution in [2.45, 2.75) is 57.7 Å². The van der Waals surface area contributed by atoms with Crippen LogP contribution in [0.5, 0.6) is 0 Å². The number of hydrogen-bond donors (Lipinski definition) is 2. The summed E-state index contributed by atoms with van der Waals surface area (Å²) >= 11 is 0. The van der Waals surface area contributed by atoms with E-state index in [2.05, 4.69) is 0 Å². The van der Waals surface area contributed by atoms with E-state index in [-0.39, 0.29) is 0 Å². The van der Waals surface area contributed by atoms with Crippen LogP contribution in [-0.4, -0.2) is 28.5 Å². The Morgan fingerprint density at radius 3 is 2.21 bits per heavy atom. The van der Waals surface area contributed by atoms with E-state index in [1.807, 2.05) is 0 Å². The van der Waals surface area contributed by atoms with Gasteiger partial charge in [0.1, 0.15) is 0 Å². The van der Waals surface area contributed by atoms with E-state index < -0.39 is 30.1 Å². The summed E-state index contributed by atoms with van der Waals surface area (Å²) in [5.74, 6) is -1.65. The van der Waals surface area contributed by atoms with Crippen LogP contribution >= 0.6 is 0 Å². The number of carboxylic acids is 1. The van der Waals surface area contributed by atoms with Crippen molar-refractivity contribution < 1.29 is 28.2 Å². The molecule has 2 atom stereocenters. The third-order valence-electron chi connectivity index (χ3n) is 4.10. The van der Waals surface area contributed by atoms with Crippen LogP contribution in [0.4, 0.5) is 13.2 Å². The minimum Gasteiger partial charge on any atom is -0.481 e. The van der Waals surface area contributed by atoms with E-state index in [1.165, 1.54) is 0 Å².